The predicted molar refractivity (Wildman–Crippen MR) is 70.4 cm³/mol. The maximum absolute atomic E-state index is 11.3. The van der Waals surface area contributed by atoms with E-state index in [1.165, 1.54) is 11.8 Å². The van der Waals surface area contributed by atoms with Crippen LogP contribution in [0.25, 0.3) is 0 Å². The van der Waals surface area contributed by atoms with Gasteiger partial charge in [-0.05, 0) is 36.4 Å². The number of carbonyl (C=O) groups is 1. The zero-order chi connectivity index (χ0) is 13.0. The Morgan fingerprint density at radius 1 is 1.17 bits per heavy atom. The van der Waals surface area contributed by atoms with Gasteiger partial charge in [0.05, 0.1) is 0 Å². The maximum Gasteiger partial charge on any atom is 0.271 e. The Balaban J connectivity index is 2.10. The van der Waals surface area contributed by atoms with Crippen molar-refractivity contribution in [2.24, 2.45) is 0 Å². The molecule has 2 rings (SSSR count). The third kappa shape index (κ3) is 2.98. The molecule has 0 unspecified atom stereocenters. The van der Waals surface area contributed by atoms with Crippen LogP contribution in [0.5, 0.6) is 0 Å². The van der Waals surface area contributed by atoms with Crippen molar-refractivity contribution >= 4 is 23.4 Å². The molecule has 18 heavy (non-hydrogen) atoms. The molecule has 0 atom stereocenters. The summed E-state index contributed by atoms with van der Waals surface area (Å²) < 4.78 is 0. The monoisotopic (exact) mass is 260 g/mol. The van der Waals surface area contributed by atoms with Gasteiger partial charge in [-0.3, -0.25) is 4.79 Å². The Morgan fingerprint density at radius 3 is 2.44 bits per heavy atom. The van der Waals surface area contributed by atoms with Crippen molar-refractivity contribution in [1.82, 2.24) is 15.5 Å². The number of benzene rings is 1. The normalized spacial score (nSPS) is 10.1. The molecule has 0 spiro atoms. The number of carbonyl (C=O) groups excluding carboxylic acids is 1. The SMILES string of the molecule is CNC(=O)c1ccc(Sc2ccc(N)cc2)nn1. The van der Waals surface area contributed by atoms with Gasteiger partial charge in [0, 0.05) is 17.6 Å². The summed E-state index contributed by atoms with van der Waals surface area (Å²) in [7, 11) is 1.56. The van der Waals surface area contributed by atoms with Crippen LogP contribution >= 0.6 is 11.8 Å². The van der Waals surface area contributed by atoms with Crippen molar-refractivity contribution in [2.45, 2.75) is 9.92 Å². The number of amides is 1. The van der Waals surface area contributed by atoms with E-state index in [1.807, 2.05) is 24.3 Å². The largest absolute Gasteiger partial charge is 0.399 e. The van der Waals surface area contributed by atoms with E-state index in [2.05, 4.69) is 15.5 Å². The molecule has 1 aromatic heterocycles. The Bertz CT molecular complexity index is 539. The van der Waals surface area contributed by atoms with Gasteiger partial charge in [0.1, 0.15) is 5.03 Å². The van der Waals surface area contributed by atoms with E-state index < -0.39 is 0 Å². The number of nitrogens with zero attached hydrogens (tertiary/aromatic N) is 2. The van der Waals surface area contributed by atoms with Crippen molar-refractivity contribution in [3.63, 3.8) is 0 Å². The Labute approximate surface area is 109 Å². The summed E-state index contributed by atoms with van der Waals surface area (Å²) in [6.45, 7) is 0. The van der Waals surface area contributed by atoms with E-state index in [0.717, 1.165) is 15.6 Å². The summed E-state index contributed by atoms with van der Waals surface area (Å²) >= 11 is 1.46. The first-order valence-electron chi connectivity index (χ1n) is 5.28. The zero-order valence-electron chi connectivity index (χ0n) is 9.75. The molecule has 1 amide bonds. The second kappa shape index (κ2) is 5.50. The summed E-state index contributed by atoms with van der Waals surface area (Å²) in [6, 6.07) is 10.9. The first kappa shape index (κ1) is 12.4. The minimum Gasteiger partial charge on any atom is -0.399 e. The third-order valence-corrected chi connectivity index (χ3v) is 3.14. The van der Waals surface area contributed by atoms with Crippen molar-refractivity contribution in [2.75, 3.05) is 12.8 Å². The molecule has 0 aliphatic rings. The van der Waals surface area contributed by atoms with E-state index in [0.29, 0.717) is 5.69 Å². The lowest BCUT2D eigenvalue weighted by molar-refractivity contribution is 0.0957. The van der Waals surface area contributed by atoms with E-state index in [9.17, 15) is 4.79 Å². The molecular formula is C12H12N4OS. The number of anilines is 1. The molecule has 0 radical (unpaired) electrons. The fraction of sp³-hybridized carbons (Fsp3) is 0.0833. The number of hydrogen-bond donors (Lipinski definition) is 2. The highest BCUT2D eigenvalue weighted by molar-refractivity contribution is 7.99. The average Bonchev–Trinajstić information content (AvgIpc) is 2.41. The molecule has 2 aromatic rings. The highest BCUT2D eigenvalue weighted by Crippen LogP contribution is 2.25. The quantitative estimate of drug-likeness (QED) is 0.819. The Morgan fingerprint density at radius 2 is 1.89 bits per heavy atom. The van der Waals surface area contributed by atoms with Crippen LogP contribution < -0.4 is 11.1 Å². The van der Waals surface area contributed by atoms with Gasteiger partial charge >= 0.3 is 0 Å². The summed E-state index contributed by atoms with van der Waals surface area (Å²) in [6.07, 6.45) is 0. The molecule has 0 aliphatic carbocycles. The molecule has 6 heteroatoms. The van der Waals surface area contributed by atoms with Crippen molar-refractivity contribution in [1.29, 1.82) is 0 Å². The second-order valence-corrected chi connectivity index (χ2v) is 4.60. The molecule has 1 heterocycles. The highest BCUT2D eigenvalue weighted by Gasteiger charge is 2.06. The molecule has 0 fully saturated rings. The van der Waals surface area contributed by atoms with Gasteiger partial charge in [0.25, 0.3) is 5.91 Å². The summed E-state index contributed by atoms with van der Waals surface area (Å²) in [5.41, 5.74) is 6.63. The van der Waals surface area contributed by atoms with E-state index in [-0.39, 0.29) is 5.91 Å². The smallest absolute Gasteiger partial charge is 0.271 e. The van der Waals surface area contributed by atoms with Crippen LogP contribution in [0.1, 0.15) is 10.5 Å². The number of nitrogens with two attached hydrogens (primary N) is 1. The van der Waals surface area contributed by atoms with Crippen LogP contribution in [0.4, 0.5) is 5.69 Å². The van der Waals surface area contributed by atoms with E-state index in [1.54, 1.807) is 19.2 Å². The first-order chi connectivity index (χ1) is 8.69. The second-order valence-electron chi connectivity index (χ2n) is 3.51. The van der Waals surface area contributed by atoms with Crippen LogP contribution in [0, 0.1) is 0 Å². The van der Waals surface area contributed by atoms with Crippen molar-refractivity contribution < 1.29 is 4.79 Å². The Hall–Kier alpha value is -2.08. The summed E-state index contributed by atoms with van der Waals surface area (Å²) in [5, 5.41) is 11.1. The van der Waals surface area contributed by atoms with Gasteiger partial charge in [0.15, 0.2) is 5.69 Å². The molecule has 0 saturated carbocycles. The highest BCUT2D eigenvalue weighted by atomic mass is 32.2. The van der Waals surface area contributed by atoms with E-state index in [4.69, 9.17) is 5.73 Å². The van der Waals surface area contributed by atoms with Crippen LogP contribution in [-0.2, 0) is 0 Å². The Kier molecular flexibility index (Phi) is 3.78. The maximum atomic E-state index is 11.3. The van der Waals surface area contributed by atoms with Gasteiger partial charge in [-0.15, -0.1) is 10.2 Å². The zero-order valence-corrected chi connectivity index (χ0v) is 10.6. The standard InChI is InChI=1S/C12H12N4OS/c1-14-12(17)10-6-7-11(16-15-10)18-9-4-2-8(13)3-5-9/h2-7H,13H2,1H3,(H,14,17). The summed E-state index contributed by atoms with van der Waals surface area (Å²) in [4.78, 5) is 12.3. The molecule has 3 N–H and O–H groups in total. The van der Waals surface area contributed by atoms with Crippen LogP contribution in [-0.4, -0.2) is 23.2 Å². The molecule has 0 aliphatic heterocycles. The van der Waals surface area contributed by atoms with Gasteiger partial charge in [-0.1, -0.05) is 11.8 Å². The average molecular weight is 260 g/mol. The lowest BCUT2D eigenvalue weighted by Crippen LogP contribution is -2.19. The lowest BCUT2D eigenvalue weighted by Gasteiger charge is -2.02. The van der Waals surface area contributed by atoms with Gasteiger partial charge in [0.2, 0.25) is 0 Å². The minimum absolute atomic E-state index is 0.244. The molecule has 5 nitrogen and oxygen atoms in total. The fourth-order valence-corrected chi connectivity index (χ4v) is 2.01. The van der Waals surface area contributed by atoms with Crippen molar-refractivity contribution in [3.05, 3.63) is 42.1 Å². The first-order valence-corrected chi connectivity index (χ1v) is 6.10. The topological polar surface area (TPSA) is 80.9 Å². The van der Waals surface area contributed by atoms with Crippen molar-refractivity contribution in [3.8, 4) is 0 Å². The molecule has 92 valence electrons. The third-order valence-electron chi connectivity index (χ3n) is 2.20. The molecular weight excluding hydrogens is 248 g/mol. The van der Waals surface area contributed by atoms with Crippen LogP contribution in [0.3, 0.4) is 0 Å². The lowest BCUT2D eigenvalue weighted by atomic mass is 10.3. The fourth-order valence-electron chi connectivity index (χ4n) is 1.28. The number of nitrogens with one attached hydrogen (secondary N) is 1. The molecule has 0 saturated heterocycles. The van der Waals surface area contributed by atoms with Gasteiger partial charge in [-0.2, -0.15) is 0 Å². The number of hydrogen-bond acceptors (Lipinski definition) is 5. The van der Waals surface area contributed by atoms with Gasteiger partial charge in [-0.25, -0.2) is 0 Å². The number of aromatic nitrogens is 2. The van der Waals surface area contributed by atoms with E-state index >= 15 is 0 Å². The predicted octanol–water partition coefficient (Wildman–Crippen LogP) is 1.57. The number of rotatable bonds is 3. The van der Waals surface area contributed by atoms with Crippen LogP contribution in [0.2, 0.25) is 0 Å². The molecule has 1 aromatic carbocycles. The van der Waals surface area contributed by atoms with Gasteiger partial charge < -0.3 is 11.1 Å². The summed E-state index contributed by atoms with van der Waals surface area (Å²) in [5.74, 6) is -0.244. The van der Waals surface area contributed by atoms with Crippen LogP contribution in [0.15, 0.2) is 46.3 Å². The molecule has 0 bridgehead atoms. The number of nitrogen functional groups attached to an aromatic ring is 1. The minimum atomic E-state index is -0.244.